The third kappa shape index (κ3) is 3.72. The summed E-state index contributed by atoms with van der Waals surface area (Å²) < 4.78 is 5.19. The number of benzene rings is 1. The molecule has 1 aliphatic rings. The Hall–Kier alpha value is -2.06. The minimum Gasteiger partial charge on any atom is -0.495 e. The Morgan fingerprint density at radius 1 is 1.45 bits per heavy atom. The van der Waals surface area contributed by atoms with E-state index in [9.17, 15) is 4.79 Å². The number of carbonyl (C=O) groups is 1. The molecule has 1 aromatic carbocycles. The van der Waals surface area contributed by atoms with Gasteiger partial charge >= 0.3 is 0 Å². The number of anilines is 1. The van der Waals surface area contributed by atoms with Crippen LogP contribution in [0.15, 0.2) is 18.2 Å². The summed E-state index contributed by atoms with van der Waals surface area (Å²) in [5, 5.41) is 11.7. The molecule has 0 atom stereocenters. The van der Waals surface area contributed by atoms with Crippen LogP contribution < -0.4 is 10.1 Å². The van der Waals surface area contributed by atoms with Crippen LogP contribution in [0.4, 0.5) is 5.69 Å². The Morgan fingerprint density at radius 3 is 2.85 bits per heavy atom. The molecule has 0 saturated carbocycles. The number of carbonyl (C=O) groups excluding carboxylic acids is 1. The largest absolute Gasteiger partial charge is 0.495 e. The number of rotatable bonds is 5. The lowest BCUT2D eigenvalue weighted by molar-refractivity contribution is -0.116. The summed E-state index contributed by atoms with van der Waals surface area (Å²) in [4.78, 5) is 14.3. The van der Waals surface area contributed by atoms with Crippen LogP contribution in [0.5, 0.6) is 5.75 Å². The van der Waals surface area contributed by atoms with E-state index in [1.165, 1.54) is 12.8 Å². The Morgan fingerprint density at radius 2 is 2.20 bits per heavy atom. The number of hydrogen-bond donors (Lipinski definition) is 1. The van der Waals surface area contributed by atoms with Gasteiger partial charge in [0.2, 0.25) is 5.91 Å². The zero-order chi connectivity index (χ0) is 14.4. The molecule has 0 aliphatic carbocycles. The van der Waals surface area contributed by atoms with E-state index in [-0.39, 0.29) is 5.91 Å². The number of hydrogen-bond acceptors (Lipinski definition) is 4. The molecule has 0 unspecified atom stereocenters. The summed E-state index contributed by atoms with van der Waals surface area (Å²) in [5.41, 5.74) is 1.05. The van der Waals surface area contributed by atoms with Crippen molar-refractivity contribution in [1.82, 2.24) is 4.90 Å². The minimum atomic E-state index is -0.0507. The molecule has 0 aromatic heterocycles. The lowest BCUT2D eigenvalue weighted by Gasteiger charge is -2.15. The zero-order valence-corrected chi connectivity index (χ0v) is 11.7. The first-order valence-electron chi connectivity index (χ1n) is 6.83. The van der Waals surface area contributed by atoms with E-state index in [0.29, 0.717) is 23.4 Å². The summed E-state index contributed by atoms with van der Waals surface area (Å²) >= 11 is 0. The van der Waals surface area contributed by atoms with Crippen molar-refractivity contribution < 1.29 is 9.53 Å². The number of likely N-dealkylation sites (tertiary alicyclic amines) is 1. The molecule has 0 spiro atoms. The fraction of sp³-hybridized carbons (Fsp3) is 0.467. The number of nitrogens with one attached hydrogen (secondary N) is 1. The van der Waals surface area contributed by atoms with Crippen LogP contribution in [0.1, 0.15) is 24.8 Å². The first-order valence-corrected chi connectivity index (χ1v) is 6.83. The van der Waals surface area contributed by atoms with Crippen LogP contribution >= 0.6 is 0 Å². The molecule has 5 heteroatoms. The lowest BCUT2D eigenvalue weighted by Crippen LogP contribution is -2.25. The van der Waals surface area contributed by atoms with Gasteiger partial charge in [-0.15, -0.1) is 0 Å². The van der Waals surface area contributed by atoms with Gasteiger partial charge in [-0.25, -0.2) is 0 Å². The van der Waals surface area contributed by atoms with Crippen LogP contribution in [0, 0.1) is 11.3 Å². The highest BCUT2D eigenvalue weighted by molar-refractivity contribution is 5.92. The van der Waals surface area contributed by atoms with E-state index in [4.69, 9.17) is 10.00 Å². The number of nitriles is 1. The normalized spacial score (nSPS) is 14.8. The van der Waals surface area contributed by atoms with Gasteiger partial charge in [-0.05, 0) is 44.1 Å². The van der Waals surface area contributed by atoms with Gasteiger partial charge < -0.3 is 15.0 Å². The standard InChI is InChI=1S/C15H19N3O2/c1-20-14-5-4-12(11-16)10-13(14)17-15(19)6-9-18-7-2-3-8-18/h4-5,10H,2-3,6-9H2,1H3,(H,17,19). The van der Waals surface area contributed by atoms with Crippen molar-refractivity contribution in [3.63, 3.8) is 0 Å². The van der Waals surface area contributed by atoms with E-state index in [0.717, 1.165) is 19.6 Å². The van der Waals surface area contributed by atoms with E-state index in [1.54, 1.807) is 25.3 Å². The molecular weight excluding hydrogens is 254 g/mol. The molecule has 20 heavy (non-hydrogen) atoms. The minimum absolute atomic E-state index is 0.0507. The number of nitrogens with zero attached hydrogens (tertiary/aromatic N) is 2. The molecule has 0 radical (unpaired) electrons. The quantitative estimate of drug-likeness (QED) is 0.891. The van der Waals surface area contributed by atoms with Crippen molar-refractivity contribution in [1.29, 1.82) is 5.26 Å². The fourth-order valence-electron chi connectivity index (χ4n) is 2.35. The second kappa shape index (κ2) is 6.92. The molecule has 1 N–H and O–H groups in total. The molecule has 2 rings (SSSR count). The van der Waals surface area contributed by atoms with Gasteiger partial charge in [0.15, 0.2) is 0 Å². The Balaban J connectivity index is 1.94. The molecule has 5 nitrogen and oxygen atoms in total. The third-order valence-electron chi connectivity index (χ3n) is 3.46. The molecule has 1 fully saturated rings. The Labute approximate surface area is 119 Å². The second-order valence-electron chi connectivity index (χ2n) is 4.87. The number of ether oxygens (including phenoxy) is 1. The number of amides is 1. The molecule has 0 bridgehead atoms. The van der Waals surface area contributed by atoms with Crippen molar-refractivity contribution in [2.24, 2.45) is 0 Å². The monoisotopic (exact) mass is 273 g/mol. The van der Waals surface area contributed by atoms with Gasteiger partial charge in [0.05, 0.1) is 24.4 Å². The van der Waals surface area contributed by atoms with E-state index in [1.807, 2.05) is 0 Å². The molecule has 1 saturated heterocycles. The third-order valence-corrected chi connectivity index (χ3v) is 3.46. The lowest BCUT2D eigenvalue weighted by atomic mass is 10.2. The highest BCUT2D eigenvalue weighted by atomic mass is 16.5. The zero-order valence-electron chi connectivity index (χ0n) is 11.7. The average molecular weight is 273 g/mol. The molecule has 1 aromatic rings. The first-order chi connectivity index (χ1) is 9.72. The van der Waals surface area contributed by atoms with Crippen LogP contribution in [0.2, 0.25) is 0 Å². The van der Waals surface area contributed by atoms with Gasteiger partial charge in [-0.3, -0.25) is 4.79 Å². The van der Waals surface area contributed by atoms with Crippen molar-refractivity contribution in [2.45, 2.75) is 19.3 Å². The summed E-state index contributed by atoms with van der Waals surface area (Å²) in [5.74, 6) is 0.517. The van der Waals surface area contributed by atoms with Crippen LogP contribution in [0.25, 0.3) is 0 Å². The van der Waals surface area contributed by atoms with E-state index in [2.05, 4.69) is 16.3 Å². The molecule has 1 heterocycles. The van der Waals surface area contributed by atoms with Gasteiger partial charge in [0, 0.05) is 13.0 Å². The maximum atomic E-state index is 12.0. The van der Waals surface area contributed by atoms with Crippen molar-refractivity contribution in [2.75, 3.05) is 32.1 Å². The Kier molecular flexibility index (Phi) is 4.97. The fourth-order valence-corrected chi connectivity index (χ4v) is 2.35. The highest BCUT2D eigenvalue weighted by Gasteiger charge is 2.14. The van der Waals surface area contributed by atoms with E-state index >= 15 is 0 Å². The van der Waals surface area contributed by atoms with Gasteiger partial charge in [-0.2, -0.15) is 5.26 Å². The summed E-state index contributed by atoms with van der Waals surface area (Å²) in [6.07, 6.45) is 2.90. The molecular formula is C15H19N3O2. The van der Waals surface area contributed by atoms with Crippen LogP contribution in [0.3, 0.4) is 0 Å². The van der Waals surface area contributed by atoms with E-state index < -0.39 is 0 Å². The maximum absolute atomic E-state index is 12.0. The van der Waals surface area contributed by atoms with Crippen molar-refractivity contribution in [3.8, 4) is 11.8 Å². The average Bonchev–Trinajstić information content (AvgIpc) is 2.98. The summed E-state index contributed by atoms with van der Waals surface area (Å²) in [6, 6.07) is 7.04. The molecule has 1 amide bonds. The van der Waals surface area contributed by atoms with Crippen molar-refractivity contribution >= 4 is 11.6 Å². The van der Waals surface area contributed by atoms with Crippen molar-refractivity contribution in [3.05, 3.63) is 23.8 Å². The highest BCUT2D eigenvalue weighted by Crippen LogP contribution is 2.25. The van der Waals surface area contributed by atoms with Gasteiger partial charge in [0.25, 0.3) is 0 Å². The topological polar surface area (TPSA) is 65.4 Å². The first kappa shape index (κ1) is 14.4. The predicted octanol–water partition coefficient (Wildman–Crippen LogP) is 1.99. The van der Waals surface area contributed by atoms with Gasteiger partial charge in [-0.1, -0.05) is 0 Å². The molecule has 106 valence electrons. The smallest absolute Gasteiger partial charge is 0.225 e. The molecule has 1 aliphatic heterocycles. The summed E-state index contributed by atoms with van der Waals surface area (Å²) in [6.45, 7) is 2.95. The number of methoxy groups -OCH3 is 1. The maximum Gasteiger partial charge on any atom is 0.225 e. The summed E-state index contributed by atoms with van der Waals surface area (Å²) in [7, 11) is 1.54. The van der Waals surface area contributed by atoms with Gasteiger partial charge in [0.1, 0.15) is 5.75 Å². The Bertz CT molecular complexity index is 516. The predicted molar refractivity (Wildman–Crippen MR) is 76.6 cm³/mol. The SMILES string of the molecule is COc1ccc(C#N)cc1NC(=O)CCN1CCCC1. The second-order valence-corrected chi connectivity index (χ2v) is 4.87. The van der Waals surface area contributed by atoms with Crippen LogP contribution in [-0.2, 0) is 4.79 Å². The van der Waals surface area contributed by atoms with Crippen LogP contribution in [-0.4, -0.2) is 37.6 Å².